The summed E-state index contributed by atoms with van der Waals surface area (Å²) in [7, 11) is -9.76. The molecule has 3 unspecified atom stereocenters. The molecule has 3 saturated heterocycles. The van der Waals surface area contributed by atoms with Gasteiger partial charge in [0.05, 0.1) is 37.4 Å². The molecule has 20 nitrogen and oxygen atoms in total. The number of phosphoric acid groups is 2. The zero-order valence-electron chi connectivity index (χ0n) is 21.7. The summed E-state index contributed by atoms with van der Waals surface area (Å²) in [5.41, 5.74) is 5.75. The maximum Gasteiger partial charge on any atom is 0.472 e. The lowest BCUT2D eigenvalue weighted by Gasteiger charge is -2.25. The fourth-order valence-electron chi connectivity index (χ4n) is 5.35. The van der Waals surface area contributed by atoms with Crippen molar-refractivity contribution in [3.05, 3.63) is 41.6 Å². The van der Waals surface area contributed by atoms with Gasteiger partial charge in [-0.2, -0.15) is 0 Å². The molecule has 0 saturated carbocycles. The van der Waals surface area contributed by atoms with Crippen molar-refractivity contribution in [3.63, 3.8) is 0 Å². The van der Waals surface area contributed by atoms with E-state index in [1.165, 1.54) is 28.0 Å². The van der Waals surface area contributed by atoms with Crippen molar-refractivity contribution in [1.82, 2.24) is 34.1 Å². The molecule has 43 heavy (non-hydrogen) atoms. The normalized spacial score (nSPS) is 37.1. The molecule has 6 N–H and O–H groups in total. The summed E-state index contributed by atoms with van der Waals surface area (Å²) >= 11 is 0. The minimum absolute atomic E-state index is 0.0159. The molecule has 230 valence electrons. The van der Waals surface area contributed by atoms with Crippen LogP contribution >= 0.6 is 15.6 Å². The number of imidazole rings is 1. The monoisotopic (exact) mass is 642 g/mol. The van der Waals surface area contributed by atoms with E-state index in [4.69, 9.17) is 33.3 Å². The number of aliphatic hydroxyl groups excluding tert-OH is 1. The van der Waals surface area contributed by atoms with Gasteiger partial charge in [-0.25, -0.2) is 29.1 Å². The number of hydrogen-bond donors (Lipinski definition) is 5. The Bertz CT molecular complexity index is 1850. The molecule has 0 amide bonds. The number of phosphoric ester groups is 2. The molecule has 0 radical (unpaired) electrons. The highest BCUT2D eigenvalue weighted by Gasteiger charge is 2.51. The summed E-state index contributed by atoms with van der Waals surface area (Å²) < 4.78 is 61.9. The van der Waals surface area contributed by atoms with E-state index in [1.54, 1.807) is 6.07 Å². The summed E-state index contributed by atoms with van der Waals surface area (Å²) in [6, 6.07) is 1.59. The van der Waals surface area contributed by atoms with Gasteiger partial charge in [-0.15, -0.1) is 0 Å². The van der Waals surface area contributed by atoms with Crippen LogP contribution in [-0.2, 0) is 36.7 Å². The van der Waals surface area contributed by atoms with Gasteiger partial charge in [0.2, 0.25) is 0 Å². The van der Waals surface area contributed by atoms with Gasteiger partial charge in [-0.3, -0.25) is 27.5 Å². The number of nitrogens with one attached hydrogen (secondary N) is 1. The van der Waals surface area contributed by atoms with E-state index < -0.39 is 77.4 Å². The number of H-pyrrole nitrogens is 1. The zero-order chi connectivity index (χ0) is 30.1. The number of fused-ring (bicyclic) bond motifs is 5. The lowest BCUT2D eigenvalue weighted by atomic mass is 10.1. The molecule has 0 aromatic carbocycles. The summed E-state index contributed by atoms with van der Waals surface area (Å²) in [5, 5.41) is 11.6. The fraction of sp³-hybridized carbons (Fsp3) is 0.476. The third-order valence-corrected chi connectivity index (χ3v) is 9.25. The van der Waals surface area contributed by atoms with E-state index in [-0.39, 0.29) is 29.0 Å². The Labute approximate surface area is 239 Å². The first-order valence-electron chi connectivity index (χ1n) is 12.8. The molecule has 4 aromatic heterocycles. The number of anilines is 1. The minimum Gasteiger partial charge on any atom is -0.386 e. The van der Waals surface area contributed by atoms with E-state index in [0.29, 0.717) is 5.39 Å². The van der Waals surface area contributed by atoms with E-state index in [9.17, 15) is 28.8 Å². The Hall–Kier alpha value is -3.13. The second kappa shape index (κ2) is 10.5. The van der Waals surface area contributed by atoms with Crippen molar-refractivity contribution in [1.29, 1.82) is 0 Å². The Kier molecular flexibility index (Phi) is 6.99. The minimum atomic E-state index is -4.89. The lowest BCUT2D eigenvalue weighted by molar-refractivity contribution is -0.0670. The average molecular weight is 642 g/mol. The first kappa shape index (κ1) is 28.6. The van der Waals surface area contributed by atoms with Gasteiger partial charge in [0.25, 0.3) is 5.56 Å². The van der Waals surface area contributed by atoms with Gasteiger partial charge >= 0.3 is 15.6 Å². The third-order valence-electron chi connectivity index (χ3n) is 7.26. The second-order valence-corrected chi connectivity index (χ2v) is 12.8. The first-order chi connectivity index (χ1) is 20.5. The van der Waals surface area contributed by atoms with Gasteiger partial charge in [0, 0.05) is 12.6 Å². The molecule has 7 rings (SSSR count). The molecule has 7 heterocycles. The molecule has 2 bridgehead atoms. The van der Waals surface area contributed by atoms with Gasteiger partial charge in [-0.1, -0.05) is 0 Å². The Morgan fingerprint density at radius 2 is 1.74 bits per heavy atom. The number of ether oxygens (including phenoxy) is 2. The van der Waals surface area contributed by atoms with Crippen LogP contribution in [0.25, 0.3) is 22.2 Å². The molecule has 22 heteroatoms. The van der Waals surface area contributed by atoms with Crippen LogP contribution in [0.15, 0.2) is 36.0 Å². The average Bonchev–Trinajstić information content (AvgIpc) is 3.72. The van der Waals surface area contributed by atoms with Crippen LogP contribution < -0.4 is 11.3 Å². The van der Waals surface area contributed by atoms with E-state index in [1.807, 2.05) is 0 Å². The number of rotatable bonds is 2. The number of nitrogen functional groups attached to an aromatic ring is 1. The molecular weight excluding hydrogens is 618 g/mol. The van der Waals surface area contributed by atoms with Gasteiger partial charge < -0.3 is 39.7 Å². The van der Waals surface area contributed by atoms with Crippen molar-refractivity contribution in [3.8, 4) is 0 Å². The molecule has 0 spiro atoms. The largest absolute Gasteiger partial charge is 0.472 e. The highest BCUT2D eigenvalue weighted by atomic mass is 31.2. The van der Waals surface area contributed by atoms with Crippen molar-refractivity contribution in [2.75, 3.05) is 18.9 Å². The van der Waals surface area contributed by atoms with Crippen LogP contribution in [0.1, 0.15) is 18.9 Å². The first-order valence-corrected chi connectivity index (χ1v) is 15.8. The Balaban J connectivity index is 1.18. The number of hydrogen-bond acceptors (Lipinski definition) is 15. The summed E-state index contributed by atoms with van der Waals surface area (Å²) in [6.45, 7) is -1.23. The van der Waals surface area contributed by atoms with Crippen molar-refractivity contribution in [2.24, 2.45) is 0 Å². The second-order valence-electron chi connectivity index (χ2n) is 9.96. The number of aromatic amines is 1. The van der Waals surface area contributed by atoms with Crippen molar-refractivity contribution < 1.29 is 51.6 Å². The summed E-state index contributed by atoms with van der Waals surface area (Å²) in [4.78, 5) is 51.9. The maximum absolute atomic E-state index is 13.1. The van der Waals surface area contributed by atoms with E-state index in [0.717, 1.165) is 6.33 Å². The molecule has 3 aliphatic heterocycles. The topological polar surface area (TPSA) is 271 Å². The number of aromatic nitrogens is 7. The summed E-state index contributed by atoms with van der Waals surface area (Å²) in [5.74, 6) is 0.173. The van der Waals surface area contributed by atoms with E-state index in [2.05, 4.69) is 24.9 Å². The summed E-state index contributed by atoms with van der Waals surface area (Å²) in [6.07, 6.45) is -4.05. The smallest absolute Gasteiger partial charge is 0.386 e. The quantitative estimate of drug-likeness (QED) is 0.176. The maximum atomic E-state index is 13.1. The molecule has 9 atom stereocenters. The highest BCUT2D eigenvalue weighted by molar-refractivity contribution is 7.47. The third kappa shape index (κ3) is 5.19. The van der Waals surface area contributed by atoms with Crippen LogP contribution in [0, 0.1) is 0 Å². The van der Waals surface area contributed by atoms with Crippen LogP contribution in [0.5, 0.6) is 0 Å². The lowest BCUT2D eigenvalue weighted by Crippen LogP contribution is -2.36. The van der Waals surface area contributed by atoms with Crippen molar-refractivity contribution >= 4 is 43.7 Å². The number of aliphatic hydroxyl groups is 1. The van der Waals surface area contributed by atoms with Crippen molar-refractivity contribution in [2.45, 2.75) is 49.4 Å². The van der Waals surface area contributed by atoms with Gasteiger partial charge in [-0.05, 0) is 6.07 Å². The SMILES string of the molecule is Nc1ncnc2c1ccn2[C@@H]1OC2COP(=O)(O)O[C@@H]3C[C@@H](COP(=O)(O)O[C@H]2[C@H]1O)O[C@H]3n1cnc2c(=O)[nH]cnc21. The number of nitrogens with zero attached hydrogens (tertiary/aromatic N) is 6. The zero-order valence-corrected chi connectivity index (χ0v) is 23.5. The predicted octanol–water partition coefficient (Wildman–Crippen LogP) is -0.290. The highest BCUT2D eigenvalue weighted by Crippen LogP contribution is 2.53. The number of nitrogens with two attached hydrogens (primary N) is 1. The van der Waals surface area contributed by atoms with Crippen LogP contribution in [-0.4, -0.2) is 92.7 Å². The van der Waals surface area contributed by atoms with Crippen LogP contribution in [0.3, 0.4) is 0 Å². The fourth-order valence-corrected chi connectivity index (χ4v) is 7.26. The van der Waals surface area contributed by atoms with Gasteiger partial charge in [0.1, 0.15) is 42.2 Å². The molecule has 4 aromatic rings. The van der Waals surface area contributed by atoms with Gasteiger partial charge in [0.15, 0.2) is 23.6 Å². The Morgan fingerprint density at radius 3 is 2.58 bits per heavy atom. The van der Waals surface area contributed by atoms with Crippen LogP contribution in [0.4, 0.5) is 5.82 Å². The van der Waals surface area contributed by atoms with E-state index >= 15 is 0 Å². The van der Waals surface area contributed by atoms with Crippen LogP contribution in [0.2, 0.25) is 0 Å². The molecular formula is C21H24N8O12P2. The Morgan fingerprint density at radius 1 is 0.953 bits per heavy atom. The standard InChI is InChI=1S/C21H24N8O12P2/c22-16-10-1-2-28(17(10)24-6-23-16)21-14(30)15-12(39-21)5-37-42(32,33)40-11-3-9(4-36-43(34,35)41-15)38-20(11)29-8-27-13-18(29)25-7-26-19(13)31/h1-2,6-9,11-12,14-15,20-21,30H,3-5H2,(H,32,33)(H,34,35)(H2,22,23,24)(H,25,26,31)/t9-,11+,12?,14+,15+,20+,21+/m0/s1. The molecule has 3 fully saturated rings. The molecule has 3 aliphatic rings. The predicted molar refractivity (Wildman–Crippen MR) is 140 cm³/mol. The molecule has 0 aliphatic carbocycles.